The lowest BCUT2D eigenvalue weighted by Crippen LogP contribution is -2.48. The van der Waals surface area contributed by atoms with Gasteiger partial charge in [-0.15, -0.1) is 24.8 Å². The summed E-state index contributed by atoms with van der Waals surface area (Å²) in [6.07, 6.45) is 0.838. The molecule has 8 nitrogen and oxygen atoms in total. The van der Waals surface area contributed by atoms with E-state index < -0.39 is 0 Å². The SMILES string of the molecule is CCOC(=O)CCCOc1c(CN2CCN(c3ccccc3)CC2c2ccccc2OC)ccc(OC)c1OC.Cl.Cl. The van der Waals surface area contributed by atoms with Gasteiger partial charge in [0.25, 0.3) is 0 Å². The van der Waals surface area contributed by atoms with E-state index in [1.807, 2.05) is 30.3 Å². The molecule has 1 heterocycles. The van der Waals surface area contributed by atoms with Crippen LogP contribution >= 0.6 is 24.8 Å². The minimum absolute atomic E-state index is 0. The molecule has 0 spiro atoms. The Morgan fingerprint density at radius 2 is 1.55 bits per heavy atom. The fourth-order valence-electron chi connectivity index (χ4n) is 5.18. The lowest BCUT2D eigenvalue weighted by Gasteiger charge is -2.43. The first-order valence-corrected chi connectivity index (χ1v) is 13.8. The first-order valence-electron chi connectivity index (χ1n) is 13.8. The maximum Gasteiger partial charge on any atom is 0.305 e. The summed E-state index contributed by atoms with van der Waals surface area (Å²) >= 11 is 0. The maximum absolute atomic E-state index is 11.8. The number of rotatable bonds is 13. The number of hydrogen-bond donors (Lipinski definition) is 0. The molecule has 0 aliphatic carbocycles. The van der Waals surface area contributed by atoms with E-state index in [4.69, 9.17) is 23.7 Å². The lowest BCUT2D eigenvalue weighted by molar-refractivity contribution is -0.143. The highest BCUT2D eigenvalue weighted by atomic mass is 35.5. The Morgan fingerprint density at radius 3 is 2.24 bits per heavy atom. The van der Waals surface area contributed by atoms with Gasteiger partial charge < -0.3 is 28.6 Å². The highest BCUT2D eigenvalue weighted by Crippen LogP contribution is 2.42. The quantitative estimate of drug-likeness (QED) is 0.162. The molecule has 4 rings (SSSR count). The van der Waals surface area contributed by atoms with Gasteiger partial charge in [-0.25, -0.2) is 0 Å². The van der Waals surface area contributed by atoms with Crippen molar-refractivity contribution in [2.75, 3.05) is 59.1 Å². The molecule has 230 valence electrons. The molecule has 0 bridgehead atoms. The maximum atomic E-state index is 11.8. The van der Waals surface area contributed by atoms with Crippen molar-refractivity contribution in [3.8, 4) is 23.0 Å². The predicted octanol–water partition coefficient (Wildman–Crippen LogP) is 6.34. The second kappa shape index (κ2) is 17.6. The molecule has 1 aliphatic rings. The van der Waals surface area contributed by atoms with Crippen molar-refractivity contribution in [3.05, 3.63) is 77.9 Å². The van der Waals surface area contributed by atoms with Crippen molar-refractivity contribution in [3.63, 3.8) is 0 Å². The van der Waals surface area contributed by atoms with E-state index in [2.05, 4.69) is 46.2 Å². The summed E-state index contributed by atoms with van der Waals surface area (Å²) in [6, 6.07) is 22.8. The van der Waals surface area contributed by atoms with Crippen LogP contribution in [0.4, 0.5) is 5.69 Å². The molecule has 1 atom stereocenters. The molecule has 1 aliphatic heterocycles. The fourth-order valence-corrected chi connectivity index (χ4v) is 5.18. The molecular formula is C32H42Cl2N2O6. The number of halogens is 2. The monoisotopic (exact) mass is 620 g/mol. The molecule has 3 aromatic carbocycles. The van der Waals surface area contributed by atoms with Crippen LogP contribution in [-0.2, 0) is 16.1 Å². The van der Waals surface area contributed by atoms with E-state index in [1.54, 1.807) is 28.3 Å². The van der Waals surface area contributed by atoms with Crippen LogP contribution in [0.1, 0.15) is 36.9 Å². The van der Waals surface area contributed by atoms with Crippen LogP contribution in [0.15, 0.2) is 66.7 Å². The number of para-hydroxylation sites is 2. The standard InChI is InChI=1S/C32H40N2O6.2ClH/c1-5-39-30(35)16-11-21-40-31-24(17-18-29(37-3)32(31)38-4)22-34-20-19-33(25-12-7-6-8-13-25)23-27(34)26-14-9-10-15-28(26)36-2;;/h6-10,12-15,17-18,27H,5,11,16,19-23H2,1-4H3;2*1H. The molecule has 10 heteroatoms. The Labute approximate surface area is 261 Å². The summed E-state index contributed by atoms with van der Waals surface area (Å²) in [5, 5.41) is 0. The van der Waals surface area contributed by atoms with Crippen LogP contribution < -0.4 is 23.8 Å². The minimum Gasteiger partial charge on any atom is -0.496 e. The third-order valence-electron chi connectivity index (χ3n) is 7.14. The number of carbonyl (C=O) groups excluding carboxylic acids is 1. The summed E-state index contributed by atoms with van der Waals surface area (Å²) in [5.74, 6) is 2.43. The summed E-state index contributed by atoms with van der Waals surface area (Å²) in [4.78, 5) is 16.7. The van der Waals surface area contributed by atoms with Gasteiger partial charge in [0.05, 0.1) is 40.6 Å². The summed E-state index contributed by atoms with van der Waals surface area (Å²) in [5.41, 5.74) is 3.34. The molecular weight excluding hydrogens is 579 g/mol. The zero-order chi connectivity index (χ0) is 28.3. The highest BCUT2D eigenvalue weighted by molar-refractivity contribution is 5.85. The number of anilines is 1. The number of carbonyl (C=O) groups is 1. The molecule has 1 fully saturated rings. The first-order chi connectivity index (χ1) is 19.6. The van der Waals surface area contributed by atoms with E-state index in [-0.39, 0.29) is 36.8 Å². The van der Waals surface area contributed by atoms with Gasteiger partial charge in [0, 0.05) is 49.4 Å². The molecule has 3 aromatic rings. The number of nitrogens with zero attached hydrogens (tertiary/aromatic N) is 2. The van der Waals surface area contributed by atoms with E-state index in [9.17, 15) is 4.79 Å². The average Bonchev–Trinajstić information content (AvgIpc) is 3.00. The van der Waals surface area contributed by atoms with Crippen LogP contribution in [0.25, 0.3) is 0 Å². The van der Waals surface area contributed by atoms with Crippen LogP contribution in [0, 0.1) is 0 Å². The first kappa shape index (κ1) is 34.9. The van der Waals surface area contributed by atoms with E-state index in [0.29, 0.717) is 49.8 Å². The van der Waals surface area contributed by atoms with Crippen LogP contribution in [0.3, 0.4) is 0 Å². The molecule has 1 unspecified atom stereocenters. The number of benzene rings is 3. The molecule has 0 aromatic heterocycles. The molecule has 1 saturated heterocycles. The summed E-state index contributed by atoms with van der Waals surface area (Å²) in [7, 11) is 4.95. The van der Waals surface area contributed by atoms with Crippen molar-refractivity contribution in [1.29, 1.82) is 0 Å². The number of ether oxygens (including phenoxy) is 5. The van der Waals surface area contributed by atoms with Crippen molar-refractivity contribution >= 4 is 36.5 Å². The van der Waals surface area contributed by atoms with Gasteiger partial charge in [0.2, 0.25) is 5.75 Å². The number of esters is 1. The van der Waals surface area contributed by atoms with E-state index in [1.165, 1.54) is 5.69 Å². The molecule has 0 N–H and O–H groups in total. The summed E-state index contributed by atoms with van der Waals surface area (Å²) in [6.45, 7) is 5.71. The Hall–Kier alpha value is -3.33. The number of piperazine rings is 1. The van der Waals surface area contributed by atoms with Crippen LogP contribution in [-0.4, -0.2) is 65.0 Å². The van der Waals surface area contributed by atoms with Crippen molar-refractivity contribution < 1.29 is 28.5 Å². The van der Waals surface area contributed by atoms with Gasteiger partial charge >= 0.3 is 5.97 Å². The number of methoxy groups -OCH3 is 3. The average molecular weight is 622 g/mol. The van der Waals surface area contributed by atoms with Crippen LogP contribution in [0.5, 0.6) is 23.0 Å². The number of hydrogen-bond acceptors (Lipinski definition) is 8. The smallest absolute Gasteiger partial charge is 0.305 e. The van der Waals surface area contributed by atoms with Crippen molar-refractivity contribution in [2.45, 2.75) is 32.4 Å². The van der Waals surface area contributed by atoms with Gasteiger partial charge in [0.15, 0.2) is 11.5 Å². The largest absolute Gasteiger partial charge is 0.496 e. The van der Waals surface area contributed by atoms with Gasteiger partial charge in [-0.2, -0.15) is 0 Å². The molecule has 42 heavy (non-hydrogen) atoms. The topological polar surface area (TPSA) is 69.7 Å². The van der Waals surface area contributed by atoms with E-state index >= 15 is 0 Å². The third kappa shape index (κ3) is 8.60. The molecule has 0 radical (unpaired) electrons. The summed E-state index contributed by atoms with van der Waals surface area (Å²) < 4.78 is 28.4. The lowest BCUT2D eigenvalue weighted by atomic mass is 9.99. The second-order valence-electron chi connectivity index (χ2n) is 9.56. The third-order valence-corrected chi connectivity index (χ3v) is 7.14. The highest BCUT2D eigenvalue weighted by Gasteiger charge is 2.31. The van der Waals surface area contributed by atoms with Gasteiger partial charge in [0.1, 0.15) is 5.75 Å². The normalized spacial score (nSPS) is 14.7. The Balaban J connectivity index is 0.00000308. The Morgan fingerprint density at radius 1 is 0.833 bits per heavy atom. The molecule has 0 amide bonds. The minimum atomic E-state index is -0.222. The Kier molecular flexibility index (Phi) is 14.6. The van der Waals surface area contributed by atoms with Gasteiger partial charge in [-0.3, -0.25) is 9.69 Å². The van der Waals surface area contributed by atoms with Gasteiger partial charge in [-0.1, -0.05) is 42.5 Å². The predicted molar refractivity (Wildman–Crippen MR) is 170 cm³/mol. The van der Waals surface area contributed by atoms with Crippen LogP contribution in [0.2, 0.25) is 0 Å². The van der Waals surface area contributed by atoms with E-state index in [0.717, 1.165) is 36.5 Å². The zero-order valence-electron chi connectivity index (χ0n) is 24.7. The van der Waals surface area contributed by atoms with Crippen molar-refractivity contribution in [1.82, 2.24) is 4.90 Å². The Bertz CT molecular complexity index is 1250. The van der Waals surface area contributed by atoms with Crippen molar-refractivity contribution in [2.24, 2.45) is 0 Å². The van der Waals surface area contributed by atoms with Gasteiger partial charge in [-0.05, 0) is 37.6 Å². The zero-order valence-corrected chi connectivity index (χ0v) is 26.4. The molecule has 0 saturated carbocycles. The fraction of sp³-hybridized carbons (Fsp3) is 0.406. The second-order valence-corrected chi connectivity index (χ2v) is 9.56.